The molecule has 9 heteroatoms. The van der Waals surface area contributed by atoms with Crippen molar-refractivity contribution in [2.75, 3.05) is 6.54 Å². The molecule has 1 heterocycles. The molecule has 0 bridgehead atoms. The van der Waals surface area contributed by atoms with E-state index in [1.807, 2.05) is 0 Å². The van der Waals surface area contributed by atoms with Crippen LogP contribution in [0.2, 0.25) is 0 Å². The van der Waals surface area contributed by atoms with Crippen molar-refractivity contribution >= 4 is 17.8 Å². The second kappa shape index (κ2) is 7.84. The van der Waals surface area contributed by atoms with E-state index in [9.17, 15) is 27.6 Å². The summed E-state index contributed by atoms with van der Waals surface area (Å²) in [5.41, 5.74) is -1.15. The van der Waals surface area contributed by atoms with Gasteiger partial charge in [-0.1, -0.05) is 25.0 Å². The van der Waals surface area contributed by atoms with Crippen LogP contribution in [-0.2, 0) is 15.8 Å². The van der Waals surface area contributed by atoms with Crippen molar-refractivity contribution < 1.29 is 27.6 Å². The molecule has 0 radical (unpaired) electrons. The lowest BCUT2D eigenvalue weighted by Crippen LogP contribution is -2.44. The molecule has 168 valence electrons. The zero-order valence-corrected chi connectivity index (χ0v) is 17.4. The number of amides is 4. The van der Waals surface area contributed by atoms with Gasteiger partial charge in [0.15, 0.2) is 0 Å². The van der Waals surface area contributed by atoms with Crippen LogP contribution in [-0.4, -0.2) is 45.8 Å². The van der Waals surface area contributed by atoms with Crippen LogP contribution >= 0.6 is 0 Å². The summed E-state index contributed by atoms with van der Waals surface area (Å²) in [6.45, 7) is 1.69. The van der Waals surface area contributed by atoms with E-state index in [1.54, 1.807) is 17.9 Å². The highest BCUT2D eigenvalue weighted by molar-refractivity contribution is 6.07. The van der Waals surface area contributed by atoms with Gasteiger partial charge >= 0.3 is 12.2 Å². The number of urea groups is 1. The summed E-state index contributed by atoms with van der Waals surface area (Å²) >= 11 is 0. The average Bonchev–Trinajstić information content (AvgIpc) is 3.38. The van der Waals surface area contributed by atoms with Gasteiger partial charge in [0.25, 0.3) is 5.91 Å². The van der Waals surface area contributed by atoms with Gasteiger partial charge in [-0.3, -0.25) is 14.5 Å². The third kappa shape index (κ3) is 4.14. The average molecular weight is 437 g/mol. The second-order valence-electron chi connectivity index (χ2n) is 8.76. The fraction of sp³-hybridized carbons (Fsp3) is 0.591. The van der Waals surface area contributed by atoms with Crippen molar-refractivity contribution in [2.45, 2.75) is 75.7 Å². The number of carbonyl (C=O) groups is 3. The Morgan fingerprint density at radius 1 is 1.26 bits per heavy atom. The first-order chi connectivity index (χ1) is 14.6. The summed E-state index contributed by atoms with van der Waals surface area (Å²) in [6.07, 6.45) is 0.0680. The summed E-state index contributed by atoms with van der Waals surface area (Å²) in [4.78, 5) is 40.9. The van der Waals surface area contributed by atoms with E-state index in [0.29, 0.717) is 18.4 Å². The summed E-state index contributed by atoms with van der Waals surface area (Å²) in [5, 5.41) is 2.79. The van der Waals surface area contributed by atoms with Gasteiger partial charge in [-0.05, 0) is 50.3 Å². The van der Waals surface area contributed by atoms with Crippen molar-refractivity contribution in [1.29, 1.82) is 0 Å². The van der Waals surface area contributed by atoms with Crippen LogP contribution < -0.4 is 5.32 Å². The Morgan fingerprint density at radius 2 is 1.94 bits per heavy atom. The molecular formula is C22H26F3N3O3. The van der Waals surface area contributed by atoms with E-state index in [-0.39, 0.29) is 30.8 Å². The number of carbonyl (C=O) groups excluding carboxylic acids is 3. The lowest BCUT2D eigenvalue weighted by Gasteiger charge is -2.31. The molecule has 1 aliphatic heterocycles. The Hall–Kier alpha value is -2.58. The number of nitrogens with zero attached hydrogens (tertiary/aromatic N) is 2. The Labute approximate surface area is 178 Å². The lowest BCUT2D eigenvalue weighted by molar-refractivity contribution is -0.137. The molecule has 1 aromatic carbocycles. The molecule has 31 heavy (non-hydrogen) atoms. The van der Waals surface area contributed by atoms with Crippen molar-refractivity contribution in [1.82, 2.24) is 15.1 Å². The molecule has 3 fully saturated rings. The number of halogens is 3. The van der Waals surface area contributed by atoms with Crippen molar-refractivity contribution in [2.24, 2.45) is 0 Å². The Balaban J connectivity index is 1.45. The molecule has 1 unspecified atom stereocenters. The minimum Gasteiger partial charge on any atom is -0.333 e. The highest BCUT2D eigenvalue weighted by Crippen LogP contribution is 2.38. The third-order valence-electron chi connectivity index (χ3n) is 6.59. The predicted octanol–water partition coefficient (Wildman–Crippen LogP) is 4.01. The molecule has 1 aromatic rings. The van der Waals surface area contributed by atoms with Gasteiger partial charge in [0.05, 0.1) is 11.6 Å². The predicted molar refractivity (Wildman–Crippen MR) is 106 cm³/mol. The van der Waals surface area contributed by atoms with Crippen LogP contribution in [0.15, 0.2) is 24.3 Å². The van der Waals surface area contributed by atoms with E-state index in [0.717, 1.165) is 42.7 Å². The minimum atomic E-state index is -4.45. The molecule has 0 aromatic heterocycles. The van der Waals surface area contributed by atoms with E-state index in [1.165, 1.54) is 6.07 Å². The van der Waals surface area contributed by atoms with Crippen molar-refractivity contribution in [3.63, 3.8) is 0 Å². The summed E-state index contributed by atoms with van der Waals surface area (Å²) < 4.78 is 39.3. The number of alkyl halides is 3. The van der Waals surface area contributed by atoms with E-state index in [4.69, 9.17) is 0 Å². The number of rotatable bonds is 6. The van der Waals surface area contributed by atoms with Gasteiger partial charge in [-0.2, -0.15) is 13.2 Å². The molecule has 2 aliphatic carbocycles. The van der Waals surface area contributed by atoms with E-state index >= 15 is 0 Å². The molecule has 4 amide bonds. The van der Waals surface area contributed by atoms with Gasteiger partial charge in [-0.15, -0.1) is 0 Å². The lowest BCUT2D eigenvalue weighted by atomic mass is 9.98. The Bertz CT molecular complexity index is 891. The first-order valence-electron chi connectivity index (χ1n) is 10.7. The van der Waals surface area contributed by atoms with Gasteiger partial charge in [0, 0.05) is 19.0 Å². The SMILES string of the molecule is CC(c1cccc(C(F)(F)F)c1)N(C(=O)CCN1C(=O)NC2(CCCC2)C1=O)C1CC1. The summed E-state index contributed by atoms with van der Waals surface area (Å²) in [5.74, 6) is -0.535. The monoisotopic (exact) mass is 437 g/mol. The summed E-state index contributed by atoms with van der Waals surface area (Å²) in [6, 6.07) is 3.99. The van der Waals surface area contributed by atoms with Crippen LogP contribution in [0.4, 0.5) is 18.0 Å². The molecule has 1 N–H and O–H groups in total. The maximum atomic E-state index is 13.1. The quantitative estimate of drug-likeness (QED) is 0.684. The van der Waals surface area contributed by atoms with E-state index in [2.05, 4.69) is 5.32 Å². The normalized spacial score (nSPS) is 21.5. The molecule has 6 nitrogen and oxygen atoms in total. The van der Waals surface area contributed by atoms with Gasteiger partial charge < -0.3 is 10.2 Å². The number of hydrogen-bond donors (Lipinski definition) is 1. The smallest absolute Gasteiger partial charge is 0.333 e. The number of imide groups is 1. The van der Waals surface area contributed by atoms with Crippen LogP contribution in [0.1, 0.15) is 69.0 Å². The zero-order chi connectivity index (χ0) is 22.4. The third-order valence-corrected chi connectivity index (χ3v) is 6.59. The fourth-order valence-electron chi connectivity index (χ4n) is 4.76. The highest BCUT2D eigenvalue weighted by Gasteiger charge is 2.52. The van der Waals surface area contributed by atoms with Crippen LogP contribution in [0.3, 0.4) is 0 Å². The molecule has 3 aliphatic rings. The molecule has 4 rings (SSSR count). The van der Waals surface area contributed by atoms with Crippen molar-refractivity contribution in [3.05, 3.63) is 35.4 Å². The zero-order valence-electron chi connectivity index (χ0n) is 17.4. The Morgan fingerprint density at radius 3 is 2.55 bits per heavy atom. The molecular weight excluding hydrogens is 411 g/mol. The number of nitrogens with one attached hydrogen (secondary N) is 1. The van der Waals surface area contributed by atoms with Crippen LogP contribution in [0.5, 0.6) is 0 Å². The van der Waals surface area contributed by atoms with Gasteiger partial charge in [0.2, 0.25) is 5.91 Å². The first kappa shape index (κ1) is 21.6. The first-order valence-corrected chi connectivity index (χ1v) is 10.7. The highest BCUT2D eigenvalue weighted by atomic mass is 19.4. The number of benzene rings is 1. The topological polar surface area (TPSA) is 69.7 Å². The number of hydrogen-bond acceptors (Lipinski definition) is 3. The van der Waals surface area contributed by atoms with Gasteiger partial charge in [0.1, 0.15) is 5.54 Å². The minimum absolute atomic E-state index is 0.0240. The summed E-state index contributed by atoms with van der Waals surface area (Å²) in [7, 11) is 0. The second-order valence-corrected chi connectivity index (χ2v) is 8.76. The maximum Gasteiger partial charge on any atom is 0.416 e. The van der Waals surface area contributed by atoms with E-state index < -0.39 is 29.4 Å². The van der Waals surface area contributed by atoms with Crippen molar-refractivity contribution in [3.8, 4) is 0 Å². The fourth-order valence-corrected chi connectivity index (χ4v) is 4.76. The van der Waals surface area contributed by atoms with Crippen LogP contribution in [0.25, 0.3) is 0 Å². The molecule has 1 atom stereocenters. The molecule has 2 saturated carbocycles. The largest absolute Gasteiger partial charge is 0.416 e. The maximum absolute atomic E-state index is 13.1. The van der Waals surface area contributed by atoms with Crippen LogP contribution in [0, 0.1) is 0 Å². The Kier molecular flexibility index (Phi) is 5.47. The standard InChI is InChI=1S/C22H26F3N3O3/c1-14(15-5-4-6-16(13-15)22(23,24)25)28(17-7-8-17)18(29)9-12-27-19(30)21(26-20(27)31)10-2-3-11-21/h4-6,13-14,17H,2-3,7-12H2,1H3,(H,26,31). The molecule has 1 spiro atoms. The molecule has 1 saturated heterocycles. The van der Waals surface area contributed by atoms with Gasteiger partial charge in [-0.25, -0.2) is 4.79 Å².